The lowest BCUT2D eigenvalue weighted by Crippen LogP contribution is -2.32. The number of fused-ring (bicyclic) bond motifs is 1. The first-order valence-corrected chi connectivity index (χ1v) is 8.01. The topological polar surface area (TPSA) is 30.3 Å². The molecule has 0 radical (unpaired) electrons. The molecule has 2 aromatic heterocycles. The van der Waals surface area contributed by atoms with E-state index in [-0.39, 0.29) is 6.10 Å². The lowest BCUT2D eigenvalue weighted by molar-refractivity contribution is 0.0269. The molecule has 0 amide bonds. The fourth-order valence-electron chi connectivity index (χ4n) is 2.77. The van der Waals surface area contributed by atoms with Crippen LogP contribution in [-0.4, -0.2) is 33.7 Å². The average molecular weight is 291 g/mol. The Bertz CT molecular complexity index is 563. The number of nitrogens with zero attached hydrogens (tertiary/aromatic N) is 3. The zero-order valence-corrected chi connectivity index (χ0v) is 12.9. The Hall–Kier alpha value is -1.17. The molecule has 0 unspecified atom stereocenters. The zero-order chi connectivity index (χ0) is 13.9. The van der Waals surface area contributed by atoms with Crippen LogP contribution in [0.2, 0.25) is 0 Å². The molecule has 0 aliphatic carbocycles. The van der Waals surface area contributed by atoms with E-state index in [0.29, 0.717) is 0 Å². The molecule has 1 aliphatic heterocycles. The third kappa shape index (κ3) is 2.95. The summed E-state index contributed by atoms with van der Waals surface area (Å²) in [6, 6.07) is 4.33. The van der Waals surface area contributed by atoms with Gasteiger partial charge in [-0.25, -0.2) is 4.98 Å². The summed E-state index contributed by atoms with van der Waals surface area (Å²) in [5.41, 5.74) is 4.46. The maximum absolute atomic E-state index is 5.89. The highest BCUT2D eigenvalue weighted by molar-refractivity contribution is 7.09. The van der Waals surface area contributed by atoms with Crippen LogP contribution in [0.25, 0.3) is 0 Å². The van der Waals surface area contributed by atoms with Crippen molar-refractivity contribution in [2.75, 3.05) is 13.2 Å². The minimum absolute atomic E-state index is 0.266. The predicted octanol–water partition coefficient (Wildman–Crippen LogP) is 2.67. The molecule has 1 atom stereocenters. The van der Waals surface area contributed by atoms with Gasteiger partial charge < -0.3 is 9.30 Å². The molecule has 0 saturated heterocycles. The SMILES string of the molecule is CCO[C@H]1CN(Cc2scnc2C)Cc2cccn2C1. The molecule has 0 fully saturated rings. The second kappa shape index (κ2) is 6.08. The lowest BCUT2D eigenvalue weighted by atomic mass is 10.3. The monoisotopic (exact) mass is 291 g/mol. The smallest absolute Gasteiger partial charge is 0.0880 e. The van der Waals surface area contributed by atoms with Gasteiger partial charge >= 0.3 is 0 Å². The van der Waals surface area contributed by atoms with Crippen LogP contribution in [-0.2, 0) is 24.4 Å². The summed E-state index contributed by atoms with van der Waals surface area (Å²) in [6.07, 6.45) is 2.42. The molecular formula is C15H21N3OS. The van der Waals surface area contributed by atoms with E-state index < -0.39 is 0 Å². The summed E-state index contributed by atoms with van der Waals surface area (Å²) >= 11 is 1.75. The molecule has 2 aromatic rings. The summed E-state index contributed by atoms with van der Waals surface area (Å²) in [4.78, 5) is 8.18. The van der Waals surface area contributed by atoms with Crippen LogP contribution in [0.1, 0.15) is 23.2 Å². The van der Waals surface area contributed by atoms with Gasteiger partial charge in [0.15, 0.2) is 0 Å². The molecule has 4 nitrogen and oxygen atoms in total. The number of thiazole rings is 1. The largest absolute Gasteiger partial charge is 0.375 e. The van der Waals surface area contributed by atoms with Gasteiger partial charge in [0.05, 0.1) is 17.3 Å². The molecular weight excluding hydrogens is 270 g/mol. The molecule has 0 spiro atoms. The van der Waals surface area contributed by atoms with Gasteiger partial charge in [-0.2, -0.15) is 0 Å². The summed E-state index contributed by atoms with van der Waals surface area (Å²) in [5, 5.41) is 0. The minimum Gasteiger partial charge on any atom is -0.375 e. The molecule has 108 valence electrons. The highest BCUT2D eigenvalue weighted by Gasteiger charge is 2.22. The Balaban J connectivity index is 1.78. The molecule has 1 aliphatic rings. The Labute approximate surface area is 124 Å². The van der Waals surface area contributed by atoms with Crippen LogP contribution < -0.4 is 0 Å². The van der Waals surface area contributed by atoms with Crippen LogP contribution in [0.3, 0.4) is 0 Å². The molecule has 3 rings (SSSR count). The Kier molecular flexibility index (Phi) is 4.19. The Morgan fingerprint density at radius 1 is 1.45 bits per heavy atom. The van der Waals surface area contributed by atoms with Crippen molar-refractivity contribution in [2.45, 2.75) is 39.6 Å². The molecule has 0 N–H and O–H groups in total. The van der Waals surface area contributed by atoms with Gasteiger partial charge in [-0.1, -0.05) is 0 Å². The van der Waals surface area contributed by atoms with E-state index in [4.69, 9.17) is 4.74 Å². The van der Waals surface area contributed by atoms with Gasteiger partial charge in [0, 0.05) is 49.6 Å². The van der Waals surface area contributed by atoms with Gasteiger partial charge in [-0.05, 0) is 26.0 Å². The molecule has 20 heavy (non-hydrogen) atoms. The summed E-state index contributed by atoms with van der Waals surface area (Å²) in [6.45, 7) is 8.81. The minimum atomic E-state index is 0.266. The highest BCUT2D eigenvalue weighted by atomic mass is 32.1. The van der Waals surface area contributed by atoms with E-state index >= 15 is 0 Å². The lowest BCUT2D eigenvalue weighted by Gasteiger charge is -2.23. The Morgan fingerprint density at radius 3 is 3.10 bits per heavy atom. The fraction of sp³-hybridized carbons (Fsp3) is 0.533. The van der Waals surface area contributed by atoms with Crippen LogP contribution >= 0.6 is 11.3 Å². The van der Waals surface area contributed by atoms with E-state index in [2.05, 4.69) is 46.6 Å². The molecule has 0 aromatic carbocycles. The number of hydrogen-bond donors (Lipinski definition) is 0. The Morgan fingerprint density at radius 2 is 2.35 bits per heavy atom. The molecule has 0 bridgehead atoms. The second-order valence-corrected chi connectivity index (χ2v) is 6.20. The maximum Gasteiger partial charge on any atom is 0.0880 e. The van der Waals surface area contributed by atoms with E-state index in [1.807, 2.05) is 5.51 Å². The third-order valence-electron chi connectivity index (χ3n) is 3.79. The summed E-state index contributed by atoms with van der Waals surface area (Å²) < 4.78 is 8.21. The molecule has 5 heteroatoms. The fourth-order valence-corrected chi connectivity index (χ4v) is 3.59. The average Bonchev–Trinajstić information content (AvgIpc) is 2.97. The van der Waals surface area contributed by atoms with Crippen molar-refractivity contribution in [3.63, 3.8) is 0 Å². The van der Waals surface area contributed by atoms with Crippen LogP contribution in [0.4, 0.5) is 0 Å². The first-order valence-electron chi connectivity index (χ1n) is 7.13. The van der Waals surface area contributed by atoms with E-state index in [9.17, 15) is 0 Å². The first-order chi connectivity index (χ1) is 9.76. The van der Waals surface area contributed by atoms with Crippen molar-refractivity contribution in [2.24, 2.45) is 0 Å². The quantitative estimate of drug-likeness (QED) is 0.867. The third-order valence-corrected chi connectivity index (χ3v) is 4.71. The van der Waals surface area contributed by atoms with Crippen LogP contribution in [0, 0.1) is 6.92 Å². The number of ether oxygens (including phenoxy) is 1. The predicted molar refractivity (Wildman–Crippen MR) is 80.8 cm³/mol. The normalized spacial score (nSPS) is 19.8. The summed E-state index contributed by atoms with van der Waals surface area (Å²) in [7, 11) is 0. The number of aryl methyl sites for hydroxylation is 1. The van der Waals surface area contributed by atoms with E-state index in [0.717, 1.165) is 38.5 Å². The van der Waals surface area contributed by atoms with Crippen molar-refractivity contribution < 1.29 is 4.74 Å². The van der Waals surface area contributed by atoms with Crippen molar-refractivity contribution in [1.29, 1.82) is 0 Å². The standard InChI is InChI=1S/C15H21N3OS/c1-3-19-14-8-17(10-15-12(2)16-11-20-15)7-13-5-4-6-18(13)9-14/h4-6,11,14H,3,7-10H2,1-2H3/t14-/m0/s1. The van der Waals surface area contributed by atoms with Gasteiger partial charge in [0.1, 0.15) is 0 Å². The van der Waals surface area contributed by atoms with Gasteiger partial charge in [-0.15, -0.1) is 11.3 Å². The van der Waals surface area contributed by atoms with Crippen molar-refractivity contribution in [3.8, 4) is 0 Å². The maximum atomic E-state index is 5.89. The number of rotatable bonds is 4. The van der Waals surface area contributed by atoms with Crippen molar-refractivity contribution in [3.05, 3.63) is 40.1 Å². The van der Waals surface area contributed by atoms with Gasteiger partial charge in [0.2, 0.25) is 0 Å². The number of hydrogen-bond acceptors (Lipinski definition) is 4. The summed E-state index contributed by atoms with van der Waals surface area (Å²) in [5.74, 6) is 0. The first kappa shape index (κ1) is 13.8. The molecule has 0 saturated carbocycles. The van der Waals surface area contributed by atoms with Gasteiger partial charge in [0.25, 0.3) is 0 Å². The van der Waals surface area contributed by atoms with E-state index in [1.54, 1.807) is 11.3 Å². The van der Waals surface area contributed by atoms with Crippen LogP contribution in [0.5, 0.6) is 0 Å². The van der Waals surface area contributed by atoms with Gasteiger partial charge in [-0.3, -0.25) is 4.90 Å². The second-order valence-electron chi connectivity index (χ2n) is 5.26. The zero-order valence-electron chi connectivity index (χ0n) is 12.1. The highest BCUT2D eigenvalue weighted by Crippen LogP contribution is 2.20. The van der Waals surface area contributed by atoms with Crippen molar-refractivity contribution >= 4 is 11.3 Å². The molecule has 3 heterocycles. The van der Waals surface area contributed by atoms with Crippen molar-refractivity contribution in [1.82, 2.24) is 14.5 Å². The number of aromatic nitrogens is 2. The van der Waals surface area contributed by atoms with E-state index in [1.165, 1.54) is 10.6 Å². The van der Waals surface area contributed by atoms with Crippen LogP contribution in [0.15, 0.2) is 23.8 Å².